The topological polar surface area (TPSA) is 36.4 Å². The lowest BCUT2D eigenvalue weighted by Gasteiger charge is -2.57. The van der Waals surface area contributed by atoms with Crippen molar-refractivity contribution in [2.24, 2.45) is 0 Å². The molecule has 0 unspecified atom stereocenters. The van der Waals surface area contributed by atoms with Gasteiger partial charge in [0.25, 0.3) is 0 Å². The van der Waals surface area contributed by atoms with E-state index < -0.39 is 0 Å². The molecule has 2 aromatic rings. The second kappa shape index (κ2) is 7.90. The normalized spacial score (nSPS) is 22.8. The Bertz CT molecular complexity index is 806. The van der Waals surface area contributed by atoms with Crippen LogP contribution in [0.15, 0.2) is 30.5 Å². The second-order valence-corrected chi connectivity index (χ2v) is 9.54. The first-order valence-corrected chi connectivity index (χ1v) is 10.9. The van der Waals surface area contributed by atoms with E-state index in [4.69, 9.17) is 11.6 Å². The number of benzene rings is 1. The van der Waals surface area contributed by atoms with E-state index in [1.807, 2.05) is 30.5 Å². The van der Waals surface area contributed by atoms with Gasteiger partial charge in [0.05, 0.1) is 5.01 Å². The summed E-state index contributed by atoms with van der Waals surface area (Å²) < 4.78 is 0. The lowest BCUT2D eigenvalue weighted by molar-refractivity contribution is -0.140. The molecular formula is C21H26ClN3OS. The van der Waals surface area contributed by atoms with Crippen molar-refractivity contribution >= 4 is 28.8 Å². The first-order valence-electron chi connectivity index (χ1n) is 9.73. The van der Waals surface area contributed by atoms with E-state index in [2.05, 4.69) is 21.7 Å². The number of nitrogens with zero attached hydrogens (tertiary/aromatic N) is 3. The van der Waals surface area contributed by atoms with Crippen LogP contribution in [-0.2, 0) is 17.8 Å². The van der Waals surface area contributed by atoms with Crippen molar-refractivity contribution in [3.8, 4) is 0 Å². The van der Waals surface area contributed by atoms with Gasteiger partial charge < -0.3 is 4.90 Å². The molecule has 4 rings (SSSR count). The van der Waals surface area contributed by atoms with Crippen molar-refractivity contribution in [3.63, 3.8) is 0 Å². The van der Waals surface area contributed by atoms with E-state index in [-0.39, 0.29) is 11.4 Å². The van der Waals surface area contributed by atoms with Gasteiger partial charge >= 0.3 is 0 Å². The number of aromatic nitrogens is 1. The first kappa shape index (κ1) is 18.9. The highest BCUT2D eigenvalue weighted by molar-refractivity contribution is 7.11. The summed E-state index contributed by atoms with van der Waals surface area (Å²) in [5.74, 6) is 0.282. The molecule has 6 heteroatoms. The number of amides is 1. The molecule has 0 N–H and O–H groups in total. The van der Waals surface area contributed by atoms with Crippen LogP contribution >= 0.6 is 22.9 Å². The lowest BCUT2D eigenvalue weighted by atomic mass is 9.77. The van der Waals surface area contributed by atoms with Crippen LogP contribution in [0.4, 0.5) is 0 Å². The number of halogens is 1. The zero-order valence-electron chi connectivity index (χ0n) is 15.8. The number of rotatable bonds is 5. The molecule has 27 heavy (non-hydrogen) atoms. The van der Waals surface area contributed by atoms with Crippen LogP contribution in [0, 0.1) is 6.92 Å². The van der Waals surface area contributed by atoms with Crippen molar-refractivity contribution in [2.45, 2.75) is 51.1 Å². The zero-order chi connectivity index (χ0) is 18.9. The highest BCUT2D eigenvalue weighted by Gasteiger charge is 2.47. The summed E-state index contributed by atoms with van der Waals surface area (Å²) in [5.41, 5.74) is 1.36. The third kappa shape index (κ3) is 4.20. The van der Waals surface area contributed by atoms with Crippen LogP contribution in [0.3, 0.4) is 0 Å². The van der Waals surface area contributed by atoms with Gasteiger partial charge in [0, 0.05) is 54.2 Å². The standard InChI is InChI=1S/C21H26ClN3OS/c1-16-23-13-19(27-16)14-25-12-10-21(25)9-2-11-24(15-21)20(26)8-5-17-3-6-18(22)7-4-17/h3-4,6-7,13H,2,5,8-12,14-15H2,1H3/t21-/m0/s1. The summed E-state index contributed by atoms with van der Waals surface area (Å²) in [6, 6.07) is 7.81. The number of aryl methyl sites for hydroxylation is 2. The maximum atomic E-state index is 12.8. The molecule has 1 spiro atoms. The third-order valence-corrected chi connectivity index (χ3v) is 7.13. The summed E-state index contributed by atoms with van der Waals surface area (Å²) in [6.07, 6.45) is 6.86. The number of hydrogen-bond donors (Lipinski definition) is 0. The highest BCUT2D eigenvalue weighted by atomic mass is 35.5. The molecule has 1 aromatic heterocycles. The van der Waals surface area contributed by atoms with Gasteiger partial charge in [0.15, 0.2) is 0 Å². The summed E-state index contributed by atoms with van der Waals surface area (Å²) in [4.78, 5) is 23.2. The van der Waals surface area contributed by atoms with E-state index in [0.29, 0.717) is 6.42 Å². The van der Waals surface area contributed by atoms with Gasteiger partial charge in [-0.25, -0.2) is 4.98 Å². The number of thiazole rings is 1. The van der Waals surface area contributed by atoms with Gasteiger partial charge in [0.2, 0.25) is 5.91 Å². The molecule has 2 aliphatic rings. The Labute approximate surface area is 170 Å². The fourth-order valence-corrected chi connectivity index (χ4v) is 5.28. The molecule has 2 saturated heterocycles. The van der Waals surface area contributed by atoms with E-state index in [1.54, 1.807) is 11.3 Å². The molecule has 3 heterocycles. The molecule has 0 bridgehead atoms. The number of carbonyl (C=O) groups is 1. The SMILES string of the molecule is Cc1ncc(CN2CC[C@]23CCCN(C(=O)CCc2ccc(Cl)cc2)C3)s1. The van der Waals surface area contributed by atoms with Crippen LogP contribution in [0.2, 0.25) is 5.02 Å². The molecule has 1 amide bonds. The molecule has 0 radical (unpaired) electrons. The predicted molar refractivity (Wildman–Crippen MR) is 110 cm³/mol. The van der Waals surface area contributed by atoms with Crippen molar-refractivity contribution in [1.82, 2.24) is 14.8 Å². The smallest absolute Gasteiger partial charge is 0.222 e. The first-order chi connectivity index (χ1) is 13.0. The predicted octanol–water partition coefficient (Wildman–Crippen LogP) is 4.30. The van der Waals surface area contributed by atoms with Gasteiger partial charge in [-0.15, -0.1) is 11.3 Å². The maximum absolute atomic E-state index is 12.8. The summed E-state index contributed by atoms with van der Waals surface area (Å²) in [6.45, 7) is 5.93. The Kier molecular flexibility index (Phi) is 5.53. The monoisotopic (exact) mass is 403 g/mol. The Morgan fingerprint density at radius 3 is 2.74 bits per heavy atom. The number of carbonyl (C=O) groups excluding carboxylic acids is 1. The molecule has 144 valence electrons. The quantitative estimate of drug-likeness (QED) is 0.746. The largest absolute Gasteiger partial charge is 0.341 e. The van der Waals surface area contributed by atoms with E-state index in [0.717, 1.165) is 49.1 Å². The second-order valence-electron chi connectivity index (χ2n) is 7.79. The van der Waals surface area contributed by atoms with Gasteiger partial charge in [-0.05, 0) is 50.3 Å². The third-order valence-electron chi connectivity index (χ3n) is 5.98. The molecule has 1 aromatic carbocycles. The zero-order valence-corrected chi connectivity index (χ0v) is 17.4. The maximum Gasteiger partial charge on any atom is 0.222 e. The minimum atomic E-state index is 0.187. The molecule has 0 aliphatic carbocycles. The minimum Gasteiger partial charge on any atom is -0.341 e. The van der Waals surface area contributed by atoms with Gasteiger partial charge in [-0.1, -0.05) is 23.7 Å². The van der Waals surface area contributed by atoms with Crippen LogP contribution < -0.4 is 0 Å². The van der Waals surface area contributed by atoms with Crippen LogP contribution in [0.25, 0.3) is 0 Å². The molecular weight excluding hydrogens is 378 g/mol. The van der Waals surface area contributed by atoms with Crippen molar-refractivity contribution in [2.75, 3.05) is 19.6 Å². The molecule has 4 nitrogen and oxygen atoms in total. The number of hydrogen-bond acceptors (Lipinski definition) is 4. The fourth-order valence-electron chi connectivity index (χ4n) is 4.35. The van der Waals surface area contributed by atoms with E-state index in [1.165, 1.54) is 23.3 Å². The van der Waals surface area contributed by atoms with Crippen molar-refractivity contribution in [3.05, 3.63) is 50.9 Å². The Balaban J connectivity index is 1.34. The Morgan fingerprint density at radius 2 is 2.07 bits per heavy atom. The van der Waals surface area contributed by atoms with Crippen molar-refractivity contribution in [1.29, 1.82) is 0 Å². The number of likely N-dealkylation sites (tertiary alicyclic amines) is 2. The minimum absolute atomic E-state index is 0.187. The van der Waals surface area contributed by atoms with Gasteiger partial charge in [0.1, 0.15) is 0 Å². The number of piperidine rings is 1. The van der Waals surface area contributed by atoms with Crippen LogP contribution in [0.1, 0.15) is 41.1 Å². The molecule has 2 aliphatic heterocycles. The van der Waals surface area contributed by atoms with E-state index >= 15 is 0 Å². The fraction of sp³-hybridized carbons (Fsp3) is 0.524. The average Bonchev–Trinajstić information content (AvgIpc) is 3.10. The molecule has 1 atom stereocenters. The Morgan fingerprint density at radius 1 is 1.26 bits per heavy atom. The van der Waals surface area contributed by atoms with Gasteiger partial charge in [-0.2, -0.15) is 0 Å². The Hall–Kier alpha value is -1.43. The van der Waals surface area contributed by atoms with Gasteiger partial charge in [-0.3, -0.25) is 9.69 Å². The highest BCUT2D eigenvalue weighted by Crippen LogP contribution is 2.40. The summed E-state index contributed by atoms with van der Waals surface area (Å²) >= 11 is 7.72. The van der Waals surface area contributed by atoms with E-state index in [9.17, 15) is 4.79 Å². The lowest BCUT2D eigenvalue weighted by Crippen LogP contribution is -2.66. The van der Waals surface area contributed by atoms with Crippen LogP contribution in [0.5, 0.6) is 0 Å². The molecule has 2 fully saturated rings. The van der Waals surface area contributed by atoms with Crippen LogP contribution in [-0.4, -0.2) is 45.9 Å². The summed E-state index contributed by atoms with van der Waals surface area (Å²) in [7, 11) is 0. The average molecular weight is 404 g/mol. The summed E-state index contributed by atoms with van der Waals surface area (Å²) in [5, 5.41) is 1.87. The molecule has 0 saturated carbocycles. The van der Waals surface area contributed by atoms with Crippen molar-refractivity contribution < 1.29 is 4.79 Å².